The van der Waals surface area contributed by atoms with Crippen molar-refractivity contribution < 1.29 is 28.6 Å². The topological polar surface area (TPSA) is 78.9 Å². The second-order valence-electron chi connectivity index (χ2n) is 20.9. The summed E-state index contributed by atoms with van der Waals surface area (Å²) in [5.41, 5.74) is 0. The molecule has 0 aliphatic rings. The molecule has 1 atom stereocenters. The largest absolute Gasteiger partial charge is 0.462 e. The third kappa shape index (κ3) is 58.0. The Labute approximate surface area is 447 Å². The van der Waals surface area contributed by atoms with Crippen LogP contribution in [0.4, 0.5) is 0 Å². The number of allylic oxidation sites excluding steroid dienone is 10. The summed E-state index contributed by atoms with van der Waals surface area (Å²) in [6.07, 6.45) is 76.7. The molecule has 0 aliphatic carbocycles. The van der Waals surface area contributed by atoms with E-state index in [2.05, 4.69) is 81.5 Å². The van der Waals surface area contributed by atoms with Crippen LogP contribution in [0.1, 0.15) is 323 Å². The summed E-state index contributed by atoms with van der Waals surface area (Å²) >= 11 is 0. The Balaban J connectivity index is 4.23. The highest BCUT2D eigenvalue weighted by Crippen LogP contribution is 2.17. The Kier molecular flexibility index (Phi) is 58.2. The number of carbonyl (C=O) groups excluding carboxylic acids is 3. The minimum absolute atomic E-state index is 0.0833. The molecule has 1 unspecified atom stereocenters. The molecular weight excluding hydrogens is 889 g/mol. The molecule has 418 valence electrons. The molecule has 0 aliphatic heterocycles. The van der Waals surface area contributed by atoms with Gasteiger partial charge in [0.2, 0.25) is 0 Å². The molecule has 0 spiro atoms. The van der Waals surface area contributed by atoms with Gasteiger partial charge in [-0.25, -0.2) is 0 Å². The number of ether oxygens (including phenoxy) is 3. The zero-order chi connectivity index (χ0) is 52.2. The first kappa shape index (κ1) is 69.1. The molecule has 72 heavy (non-hydrogen) atoms. The molecule has 0 fully saturated rings. The van der Waals surface area contributed by atoms with Crippen LogP contribution >= 0.6 is 0 Å². The van der Waals surface area contributed by atoms with E-state index in [4.69, 9.17) is 14.2 Å². The maximum atomic E-state index is 12.9. The molecule has 0 aromatic rings. The van der Waals surface area contributed by atoms with Crippen LogP contribution in [0.5, 0.6) is 0 Å². The highest BCUT2D eigenvalue weighted by atomic mass is 16.6. The molecular formula is C66H118O6. The van der Waals surface area contributed by atoms with Gasteiger partial charge in [-0.2, -0.15) is 0 Å². The minimum Gasteiger partial charge on any atom is -0.462 e. The normalized spacial score (nSPS) is 12.4. The van der Waals surface area contributed by atoms with Gasteiger partial charge < -0.3 is 14.2 Å². The molecule has 6 nitrogen and oxygen atoms in total. The van der Waals surface area contributed by atoms with Crippen LogP contribution in [-0.2, 0) is 28.6 Å². The first-order valence-corrected chi connectivity index (χ1v) is 31.3. The van der Waals surface area contributed by atoms with Gasteiger partial charge in [-0.05, 0) is 77.0 Å². The van der Waals surface area contributed by atoms with Gasteiger partial charge in [-0.1, -0.05) is 287 Å². The molecule has 0 aromatic heterocycles. The Morgan fingerprint density at radius 1 is 0.292 bits per heavy atom. The lowest BCUT2D eigenvalue weighted by atomic mass is 10.0. The summed E-state index contributed by atoms with van der Waals surface area (Å²) in [5, 5.41) is 0. The molecule has 0 saturated heterocycles. The van der Waals surface area contributed by atoms with Crippen molar-refractivity contribution in [1.29, 1.82) is 0 Å². The van der Waals surface area contributed by atoms with Crippen molar-refractivity contribution in [3.05, 3.63) is 60.8 Å². The quantitative estimate of drug-likeness (QED) is 0.0261. The fraction of sp³-hybridized carbons (Fsp3) is 0.803. The van der Waals surface area contributed by atoms with E-state index in [0.29, 0.717) is 19.3 Å². The Hall–Kier alpha value is -2.89. The van der Waals surface area contributed by atoms with E-state index >= 15 is 0 Å². The fourth-order valence-corrected chi connectivity index (χ4v) is 9.09. The van der Waals surface area contributed by atoms with Gasteiger partial charge in [0.25, 0.3) is 0 Å². The predicted molar refractivity (Wildman–Crippen MR) is 312 cm³/mol. The second kappa shape index (κ2) is 60.7. The fourth-order valence-electron chi connectivity index (χ4n) is 9.09. The van der Waals surface area contributed by atoms with Gasteiger partial charge in [0.05, 0.1) is 0 Å². The van der Waals surface area contributed by atoms with Crippen LogP contribution in [0.15, 0.2) is 60.8 Å². The van der Waals surface area contributed by atoms with Crippen molar-refractivity contribution in [1.82, 2.24) is 0 Å². The first-order valence-electron chi connectivity index (χ1n) is 31.3. The van der Waals surface area contributed by atoms with Crippen LogP contribution in [-0.4, -0.2) is 37.2 Å². The lowest BCUT2D eigenvalue weighted by Gasteiger charge is -2.18. The van der Waals surface area contributed by atoms with Gasteiger partial charge >= 0.3 is 17.9 Å². The van der Waals surface area contributed by atoms with E-state index in [0.717, 1.165) is 122 Å². The monoisotopic (exact) mass is 1010 g/mol. The van der Waals surface area contributed by atoms with Crippen LogP contribution in [0, 0.1) is 0 Å². The average molecular weight is 1010 g/mol. The van der Waals surface area contributed by atoms with Crippen molar-refractivity contribution in [3.63, 3.8) is 0 Å². The summed E-state index contributed by atoms with van der Waals surface area (Å²) < 4.78 is 16.9. The Morgan fingerprint density at radius 2 is 0.569 bits per heavy atom. The molecule has 0 amide bonds. The molecule has 6 heteroatoms. The van der Waals surface area contributed by atoms with Crippen molar-refractivity contribution in [2.45, 2.75) is 329 Å². The van der Waals surface area contributed by atoms with Gasteiger partial charge in [0.1, 0.15) is 13.2 Å². The molecule has 0 rings (SSSR count). The van der Waals surface area contributed by atoms with Gasteiger partial charge in [-0.15, -0.1) is 0 Å². The highest BCUT2D eigenvalue weighted by molar-refractivity contribution is 5.71. The summed E-state index contributed by atoms with van der Waals surface area (Å²) in [4.78, 5) is 38.2. The van der Waals surface area contributed by atoms with Crippen LogP contribution in [0.25, 0.3) is 0 Å². The highest BCUT2D eigenvalue weighted by Gasteiger charge is 2.19. The molecule has 0 radical (unpaired) electrons. The lowest BCUT2D eigenvalue weighted by Crippen LogP contribution is -2.30. The Bertz CT molecular complexity index is 1290. The third-order valence-corrected chi connectivity index (χ3v) is 13.7. The standard InChI is InChI=1S/C66H118O6/c1-4-7-10-13-16-19-22-25-27-28-29-30-31-32-33-34-35-36-37-39-41-44-47-50-53-56-59-65(68)71-62-63(61-70-64(67)58-55-52-49-46-43-40-24-21-18-15-12-9-6-3)72-66(69)60-57-54-51-48-45-42-38-26-23-20-17-14-11-8-5-2/h8,11-12,15,17,20-21,24,26,38,63H,4-7,9-10,13-14,16,18-19,22-23,25,27-37,39-62H2,1-3H3/b11-8-,15-12-,20-17-,24-21-,38-26-. The number of unbranched alkanes of at least 4 members (excludes halogenated alkanes) is 36. The summed E-state index contributed by atoms with van der Waals surface area (Å²) in [5.74, 6) is -0.901. The number of hydrogen-bond acceptors (Lipinski definition) is 6. The molecule has 0 heterocycles. The van der Waals surface area contributed by atoms with Gasteiger partial charge in [-0.3, -0.25) is 14.4 Å². The number of rotatable bonds is 57. The SMILES string of the molecule is CC/C=C\C/C=C\C/C=C\CCCCCCCC(=O)OC(COC(=O)CCCCCCC/C=C\C/C=C\CCC)COC(=O)CCCCCCCCCCCCCCCCCCCCCCCCCCCC. The smallest absolute Gasteiger partial charge is 0.306 e. The van der Waals surface area contributed by atoms with Crippen LogP contribution in [0.3, 0.4) is 0 Å². The predicted octanol–water partition coefficient (Wildman–Crippen LogP) is 21.2. The zero-order valence-corrected chi connectivity index (χ0v) is 47.9. The second-order valence-corrected chi connectivity index (χ2v) is 20.9. The van der Waals surface area contributed by atoms with E-state index in [-0.39, 0.29) is 31.1 Å². The summed E-state index contributed by atoms with van der Waals surface area (Å²) in [7, 11) is 0. The van der Waals surface area contributed by atoms with E-state index in [1.807, 2.05) is 0 Å². The number of carbonyl (C=O) groups is 3. The van der Waals surface area contributed by atoms with Gasteiger partial charge in [0.15, 0.2) is 6.10 Å². The molecule has 0 bridgehead atoms. The molecule has 0 N–H and O–H groups in total. The maximum absolute atomic E-state index is 12.9. The minimum atomic E-state index is -0.788. The Morgan fingerprint density at radius 3 is 0.903 bits per heavy atom. The molecule has 0 aromatic carbocycles. The lowest BCUT2D eigenvalue weighted by molar-refractivity contribution is -0.167. The van der Waals surface area contributed by atoms with Crippen molar-refractivity contribution in [2.24, 2.45) is 0 Å². The first-order chi connectivity index (χ1) is 35.5. The van der Waals surface area contributed by atoms with Gasteiger partial charge in [0, 0.05) is 19.3 Å². The van der Waals surface area contributed by atoms with Crippen LogP contribution < -0.4 is 0 Å². The van der Waals surface area contributed by atoms with E-state index in [1.54, 1.807) is 0 Å². The molecule has 0 saturated carbocycles. The summed E-state index contributed by atoms with van der Waals surface area (Å²) in [6, 6.07) is 0. The van der Waals surface area contributed by atoms with E-state index in [9.17, 15) is 14.4 Å². The van der Waals surface area contributed by atoms with E-state index in [1.165, 1.54) is 161 Å². The van der Waals surface area contributed by atoms with Crippen molar-refractivity contribution in [2.75, 3.05) is 13.2 Å². The number of esters is 3. The van der Waals surface area contributed by atoms with Crippen molar-refractivity contribution in [3.8, 4) is 0 Å². The third-order valence-electron chi connectivity index (χ3n) is 13.7. The van der Waals surface area contributed by atoms with Crippen LogP contribution in [0.2, 0.25) is 0 Å². The zero-order valence-electron chi connectivity index (χ0n) is 47.9. The number of hydrogen-bond donors (Lipinski definition) is 0. The van der Waals surface area contributed by atoms with Crippen molar-refractivity contribution >= 4 is 17.9 Å². The summed E-state index contributed by atoms with van der Waals surface area (Å²) in [6.45, 7) is 6.48. The average Bonchev–Trinajstić information content (AvgIpc) is 3.38. The maximum Gasteiger partial charge on any atom is 0.306 e. The van der Waals surface area contributed by atoms with E-state index < -0.39 is 6.10 Å².